The van der Waals surface area contributed by atoms with Crippen molar-refractivity contribution in [2.75, 3.05) is 6.54 Å². The van der Waals surface area contributed by atoms with Crippen LogP contribution in [-0.4, -0.2) is 12.3 Å². The number of halogens is 1. The molecule has 0 amide bonds. The maximum absolute atomic E-state index is 13.6. The van der Waals surface area contributed by atoms with Crippen molar-refractivity contribution in [2.45, 2.75) is 25.7 Å². The number of fused-ring (bicyclic) bond motifs is 1. The van der Waals surface area contributed by atoms with Crippen LogP contribution < -0.4 is 5.73 Å². The van der Waals surface area contributed by atoms with E-state index in [1.54, 1.807) is 18.2 Å². The quantitative estimate of drug-likeness (QED) is 0.863. The number of para-hydroxylation sites is 1. The molecule has 0 radical (unpaired) electrons. The van der Waals surface area contributed by atoms with Crippen LogP contribution in [0, 0.1) is 11.2 Å². The summed E-state index contributed by atoms with van der Waals surface area (Å²) in [5.41, 5.74) is 5.43. The summed E-state index contributed by atoms with van der Waals surface area (Å²) in [7, 11) is 0. The van der Waals surface area contributed by atoms with Gasteiger partial charge in [0, 0.05) is 17.3 Å². The zero-order valence-electron chi connectivity index (χ0n) is 10.6. The van der Waals surface area contributed by atoms with E-state index in [9.17, 15) is 9.18 Å². The molecule has 1 aromatic carbocycles. The third kappa shape index (κ3) is 1.87. The lowest BCUT2D eigenvalue weighted by atomic mass is 9.80. The van der Waals surface area contributed by atoms with Crippen LogP contribution in [0.5, 0.6) is 0 Å². The van der Waals surface area contributed by atoms with E-state index in [2.05, 4.69) is 0 Å². The summed E-state index contributed by atoms with van der Waals surface area (Å²) in [5, 5.41) is 0.619. The van der Waals surface area contributed by atoms with Crippen LogP contribution in [0.3, 0.4) is 0 Å². The second kappa shape index (κ2) is 4.46. The summed E-state index contributed by atoms with van der Waals surface area (Å²) < 4.78 is 19.0. The maximum Gasteiger partial charge on any atom is 0.205 e. The summed E-state index contributed by atoms with van der Waals surface area (Å²) in [4.78, 5) is 12.6. The third-order valence-electron chi connectivity index (χ3n) is 4.15. The highest BCUT2D eigenvalue weighted by Gasteiger charge is 2.41. The lowest BCUT2D eigenvalue weighted by Gasteiger charge is -2.23. The largest absolute Gasteiger partial charge is 0.450 e. The first kappa shape index (κ1) is 12.4. The van der Waals surface area contributed by atoms with Crippen LogP contribution >= 0.6 is 0 Å². The molecule has 0 spiro atoms. The Labute approximate surface area is 110 Å². The third-order valence-corrected chi connectivity index (χ3v) is 4.15. The minimum Gasteiger partial charge on any atom is -0.450 e. The Kier molecular flexibility index (Phi) is 2.90. The summed E-state index contributed by atoms with van der Waals surface area (Å²) in [6, 6.07) is 6.29. The Morgan fingerprint density at radius 3 is 2.74 bits per heavy atom. The van der Waals surface area contributed by atoms with Crippen molar-refractivity contribution in [1.82, 2.24) is 0 Å². The molecule has 19 heavy (non-hydrogen) atoms. The number of ketones is 1. The van der Waals surface area contributed by atoms with Gasteiger partial charge in [-0.3, -0.25) is 4.79 Å². The fourth-order valence-corrected chi connectivity index (χ4v) is 2.98. The predicted molar refractivity (Wildman–Crippen MR) is 70.5 cm³/mol. The average Bonchev–Trinajstić information content (AvgIpc) is 3.06. The van der Waals surface area contributed by atoms with E-state index in [1.807, 2.05) is 0 Å². The molecule has 0 aliphatic heterocycles. The second-order valence-corrected chi connectivity index (χ2v) is 5.29. The van der Waals surface area contributed by atoms with E-state index in [0.717, 1.165) is 25.7 Å². The van der Waals surface area contributed by atoms with Gasteiger partial charge in [-0.05, 0) is 25.0 Å². The van der Waals surface area contributed by atoms with Gasteiger partial charge in [0.25, 0.3) is 0 Å². The van der Waals surface area contributed by atoms with Gasteiger partial charge in [-0.1, -0.05) is 25.0 Å². The highest BCUT2D eigenvalue weighted by molar-refractivity contribution is 6.01. The first-order valence-corrected chi connectivity index (χ1v) is 6.59. The van der Waals surface area contributed by atoms with Crippen LogP contribution in [0.4, 0.5) is 4.39 Å². The van der Waals surface area contributed by atoms with Gasteiger partial charge in [0.05, 0.1) is 0 Å². The number of furan rings is 1. The number of carbonyl (C=O) groups is 1. The SMILES string of the molecule is NCC1(C(=O)c2cc3cccc(F)c3o2)CCCC1. The topological polar surface area (TPSA) is 56.2 Å². The van der Waals surface area contributed by atoms with E-state index in [-0.39, 0.29) is 17.1 Å². The van der Waals surface area contributed by atoms with Crippen LogP contribution in [0.2, 0.25) is 0 Å². The Morgan fingerprint density at radius 2 is 2.11 bits per heavy atom. The number of hydrogen-bond donors (Lipinski definition) is 1. The van der Waals surface area contributed by atoms with Gasteiger partial charge in [-0.15, -0.1) is 0 Å². The fourth-order valence-electron chi connectivity index (χ4n) is 2.98. The Morgan fingerprint density at radius 1 is 1.37 bits per heavy atom. The molecule has 1 aliphatic rings. The number of hydrogen-bond acceptors (Lipinski definition) is 3. The molecule has 2 N–H and O–H groups in total. The van der Waals surface area contributed by atoms with Crippen LogP contribution in [-0.2, 0) is 0 Å². The van der Waals surface area contributed by atoms with Crippen molar-refractivity contribution < 1.29 is 13.6 Å². The molecule has 1 aliphatic carbocycles. The number of benzene rings is 1. The Balaban J connectivity index is 2.04. The summed E-state index contributed by atoms with van der Waals surface area (Å²) >= 11 is 0. The molecule has 3 nitrogen and oxygen atoms in total. The monoisotopic (exact) mass is 261 g/mol. The highest BCUT2D eigenvalue weighted by atomic mass is 19.1. The van der Waals surface area contributed by atoms with Crippen molar-refractivity contribution in [3.63, 3.8) is 0 Å². The summed E-state index contributed by atoms with van der Waals surface area (Å²) in [6.07, 6.45) is 3.61. The van der Waals surface area contributed by atoms with Crippen LogP contribution in [0.15, 0.2) is 28.7 Å². The molecule has 4 heteroatoms. The molecule has 1 saturated carbocycles. The van der Waals surface area contributed by atoms with E-state index < -0.39 is 11.2 Å². The normalized spacial score (nSPS) is 18.0. The zero-order valence-corrected chi connectivity index (χ0v) is 10.6. The fraction of sp³-hybridized carbons (Fsp3) is 0.400. The molecule has 0 atom stereocenters. The lowest BCUT2D eigenvalue weighted by Crippen LogP contribution is -2.35. The molecule has 0 saturated heterocycles. The first-order valence-electron chi connectivity index (χ1n) is 6.59. The van der Waals surface area contributed by atoms with E-state index in [4.69, 9.17) is 10.2 Å². The first-order chi connectivity index (χ1) is 9.16. The molecule has 0 unspecified atom stereocenters. The van der Waals surface area contributed by atoms with Gasteiger partial charge in [-0.25, -0.2) is 4.39 Å². The molecular formula is C15H16FNO2. The van der Waals surface area contributed by atoms with E-state index in [0.29, 0.717) is 11.9 Å². The average molecular weight is 261 g/mol. The molecule has 1 heterocycles. The zero-order chi connectivity index (χ0) is 13.5. The minimum absolute atomic E-state index is 0.0805. The molecule has 1 aromatic heterocycles. The predicted octanol–water partition coefficient (Wildman–Crippen LogP) is 3.27. The van der Waals surface area contributed by atoms with Gasteiger partial charge < -0.3 is 10.2 Å². The van der Waals surface area contributed by atoms with Crippen LogP contribution in [0.1, 0.15) is 36.2 Å². The number of nitrogens with two attached hydrogens (primary N) is 1. The van der Waals surface area contributed by atoms with Gasteiger partial charge in [-0.2, -0.15) is 0 Å². The van der Waals surface area contributed by atoms with Crippen molar-refractivity contribution in [3.05, 3.63) is 35.8 Å². The standard InChI is InChI=1S/C15H16FNO2/c16-11-5-3-4-10-8-12(19-13(10)11)14(18)15(9-17)6-1-2-7-15/h3-5,8H,1-2,6-7,9,17H2. The molecule has 100 valence electrons. The second-order valence-electron chi connectivity index (χ2n) is 5.29. The van der Waals surface area contributed by atoms with E-state index >= 15 is 0 Å². The molecule has 0 bridgehead atoms. The summed E-state index contributed by atoms with van der Waals surface area (Å²) in [5.74, 6) is -0.291. The van der Waals surface area contributed by atoms with Crippen molar-refractivity contribution in [3.8, 4) is 0 Å². The molecular weight excluding hydrogens is 245 g/mol. The van der Waals surface area contributed by atoms with Crippen molar-refractivity contribution >= 4 is 16.8 Å². The number of carbonyl (C=O) groups excluding carboxylic acids is 1. The molecule has 3 rings (SSSR count). The van der Waals surface area contributed by atoms with Gasteiger partial charge in [0.15, 0.2) is 17.2 Å². The number of Topliss-reactive ketones (excluding diaryl/α,β-unsaturated/α-hetero) is 1. The smallest absolute Gasteiger partial charge is 0.205 e. The Hall–Kier alpha value is -1.68. The highest BCUT2D eigenvalue weighted by Crippen LogP contribution is 2.40. The van der Waals surface area contributed by atoms with Crippen molar-refractivity contribution in [1.29, 1.82) is 0 Å². The van der Waals surface area contributed by atoms with Gasteiger partial charge in [0.1, 0.15) is 0 Å². The van der Waals surface area contributed by atoms with Crippen molar-refractivity contribution in [2.24, 2.45) is 11.1 Å². The van der Waals surface area contributed by atoms with Crippen LogP contribution in [0.25, 0.3) is 11.0 Å². The molecule has 2 aromatic rings. The molecule has 1 fully saturated rings. The van der Waals surface area contributed by atoms with Gasteiger partial charge >= 0.3 is 0 Å². The number of rotatable bonds is 3. The minimum atomic E-state index is -0.510. The lowest BCUT2D eigenvalue weighted by molar-refractivity contribution is 0.0781. The van der Waals surface area contributed by atoms with E-state index in [1.165, 1.54) is 6.07 Å². The maximum atomic E-state index is 13.6. The summed E-state index contributed by atoms with van der Waals surface area (Å²) in [6.45, 7) is 0.325. The Bertz CT molecular complexity index is 626. The van der Waals surface area contributed by atoms with Gasteiger partial charge in [0.2, 0.25) is 5.78 Å².